The van der Waals surface area contributed by atoms with Crippen LogP contribution in [0.1, 0.15) is 0 Å². The van der Waals surface area contributed by atoms with Crippen molar-refractivity contribution in [2.45, 2.75) is 0 Å². The summed E-state index contributed by atoms with van der Waals surface area (Å²) in [7, 11) is 0. The summed E-state index contributed by atoms with van der Waals surface area (Å²) in [6.07, 6.45) is 3.25. The summed E-state index contributed by atoms with van der Waals surface area (Å²) in [4.78, 5) is 10.4. The highest BCUT2D eigenvalue weighted by atomic mass is 79.9. The Hall–Kier alpha value is -0.770. The van der Waals surface area contributed by atoms with Crippen molar-refractivity contribution < 1.29 is 9.90 Å². The molecule has 0 radical (unpaired) electrons. The van der Waals surface area contributed by atoms with Crippen molar-refractivity contribution in [3.05, 3.63) is 22.3 Å². The lowest BCUT2D eigenvalue weighted by atomic mass is 10.2. The number of aliphatic carboxylic acids is 1. The molecule has 1 aliphatic rings. The first-order valence-corrected chi connectivity index (χ1v) is 3.54. The van der Waals surface area contributed by atoms with Crippen LogP contribution in [0.2, 0.25) is 0 Å². The van der Waals surface area contributed by atoms with Crippen molar-refractivity contribution in [3.8, 4) is 0 Å². The average molecular weight is 204 g/mol. The van der Waals surface area contributed by atoms with Gasteiger partial charge < -0.3 is 10.4 Å². The highest BCUT2D eigenvalue weighted by molar-refractivity contribution is 9.12. The van der Waals surface area contributed by atoms with Crippen LogP contribution in [0.15, 0.2) is 22.3 Å². The van der Waals surface area contributed by atoms with Gasteiger partial charge in [0.15, 0.2) is 0 Å². The molecule has 0 spiro atoms. The Bertz CT molecular complexity index is 220. The van der Waals surface area contributed by atoms with Crippen molar-refractivity contribution >= 4 is 21.9 Å². The molecule has 0 aromatic rings. The molecule has 0 aromatic heterocycles. The zero-order chi connectivity index (χ0) is 7.56. The zero-order valence-electron chi connectivity index (χ0n) is 5.10. The lowest BCUT2D eigenvalue weighted by molar-refractivity contribution is -0.132. The molecule has 10 heavy (non-hydrogen) atoms. The van der Waals surface area contributed by atoms with Gasteiger partial charge in [-0.3, -0.25) is 0 Å². The van der Waals surface area contributed by atoms with E-state index in [4.69, 9.17) is 5.11 Å². The SMILES string of the molecule is O=C(O)C1=CNCC=C1Br. The monoisotopic (exact) mass is 203 g/mol. The fourth-order valence-corrected chi connectivity index (χ4v) is 1.10. The van der Waals surface area contributed by atoms with E-state index in [9.17, 15) is 4.79 Å². The topological polar surface area (TPSA) is 49.3 Å². The van der Waals surface area contributed by atoms with E-state index in [1.54, 1.807) is 6.08 Å². The molecular formula is C6H6BrNO2. The van der Waals surface area contributed by atoms with Crippen LogP contribution in [0.4, 0.5) is 0 Å². The quantitative estimate of drug-likeness (QED) is 0.665. The molecule has 1 heterocycles. The van der Waals surface area contributed by atoms with Crippen molar-refractivity contribution in [1.82, 2.24) is 5.32 Å². The van der Waals surface area contributed by atoms with E-state index in [0.717, 1.165) is 0 Å². The van der Waals surface area contributed by atoms with Gasteiger partial charge in [-0.05, 0) is 0 Å². The second kappa shape index (κ2) is 2.88. The molecule has 0 unspecified atom stereocenters. The van der Waals surface area contributed by atoms with Crippen LogP contribution >= 0.6 is 15.9 Å². The summed E-state index contributed by atoms with van der Waals surface area (Å²) in [5.41, 5.74) is 0.270. The van der Waals surface area contributed by atoms with Gasteiger partial charge in [-0.1, -0.05) is 22.0 Å². The van der Waals surface area contributed by atoms with Gasteiger partial charge in [0.05, 0.1) is 5.57 Å². The summed E-state index contributed by atoms with van der Waals surface area (Å²) >= 11 is 3.13. The third-order valence-corrected chi connectivity index (χ3v) is 1.88. The molecule has 1 rings (SSSR count). The molecule has 54 valence electrons. The molecular weight excluding hydrogens is 198 g/mol. The van der Waals surface area contributed by atoms with Gasteiger partial charge in [-0.25, -0.2) is 4.79 Å². The van der Waals surface area contributed by atoms with Gasteiger partial charge in [-0.2, -0.15) is 0 Å². The molecule has 0 fully saturated rings. The van der Waals surface area contributed by atoms with Gasteiger partial charge in [0.1, 0.15) is 0 Å². The third-order valence-electron chi connectivity index (χ3n) is 1.13. The van der Waals surface area contributed by atoms with Gasteiger partial charge in [-0.15, -0.1) is 0 Å². The molecule has 0 atom stereocenters. The maximum absolute atomic E-state index is 10.4. The van der Waals surface area contributed by atoms with Crippen LogP contribution < -0.4 is 5.32 Å². The first-order chi connectivity index (χ1) is 4.72. The highest BCUT2D eigenvalue weighted by Crippen LogP contribution is 2.18. The minimum absolute atomic E-state index is 0.270. The Balaban J connectivity index is 2.84. The molecule has 4 heteroatoms. The number of hydrogen-bond donors (Lipinski definition) is 2. The lowest BCUT2D eigenvalue weighted by Crippen LogP contribution is -2.15. The Morgan fingerprint density at radius 3 is 2.90 bits per heavy atom. The largest absolute Gasteiger partial charge is 0.478 e. The predicted molar refractivity (Wildman–Crippen MR) is 40.7 cm³/mol. The number of dihydropyridines is 1. The Kier molecular flexibility index (Phi) is 2.11. The number of carboxylic acids is 1. The second-order valence-corrected chi connectivity index (χ2v) is 2.68. The van der Waals surface area contributed by atoms with Crippen molar-refractivity contribution in [1.29, 1.82) is 0 Å². The smallest absolute Gasteiger partial charge is 0.338 e. The van der Waals surface area contributed by atoms with Crippen molar-refractivity contribution in [2.24, 2.45) is 0 Å². The highest BCUT2D eigenvalue weighted by Gasteiger charge is 2.12. The minimum Gasteiger partial charge on any atom is -0.478 e. The molecule has 0 bridgehead atoms. The van der Waals surface area contributed by atoms with Crippen molar-refractivity contribution in [2.75, 3.05) is 6.54 Å². The number of carbonyl (C=O) groups is 1. The van der Waals surface area contributed by atoms with E-state index in [1.165, 1.54) is 6.20 Å². The number of carboxylic acid groups (broad SMARTS) is 1. The molecule has 0 saturated carbocycles. The average Bonchev–Trinajstić information content (AvgIpc) is 1.88. The van der Waals surface area contributed by atoms with Crippen LogP contribution in [0.3, 0.4) is 0 Å². The van der Waals surface area contributed by atoms with Gasteiger partial charge >= 0.3 is 5.97 Å². The van der Waals surface area contributed by atoms with Crippen LogP contribution in [-0.4, -0.2) is 17.6 Å². The second-order valence-electron chi connectivity index (χ2n) is 1.82. The summed E-state index contributed by atoms with van der Waals surface area (Å²) in [6, 6.07) is 0. The summed E-state index contributed by atoms with van der Waals surface area (Å²) < 4.78 is 0.638. The van der Waals surface area contributed by atoms with Gasteiger partial charge in [0.25, 0.3) is 0 Å². The maximum atomic E-state index is 10.4. The Morgan fingerprint density at radius 2 is 2.50 bits per heavy atom. The van der Waals surface area contributed by atoms with E-state index < -0.39 is 5.97 Å². The number of rotatable bonds is 1. The standard InChI is InChI=1S/C6H6BrNO2/c7-5-1-2-8-3-4(5)6(9)10/h1,3,8H,2H2,(H,9,10). The fraction of sp³-hybridized carbons (Fsp3) is 0.167. The first kappa shape index (κ1) is 7.34. The molecule has 1 aliphatic heterocycles. The Morgan fingerprint density at radius 1 is 1.80 bits per heavy atom. The number of nitrogens with one attached hydrogen (secondary N) is 1. The summed E-state index contributed by atoms with van der Waals surface area (Å²) in [5, 5.41) is 11.3. The summed E-state index contributed by atoms with van der Waals surface area (Å²) in [6.45, 7) is 0.678. The first-order valence-electron chi connectivity index (χ1n) is 2.74. The molecule has 3 nitrogen and oxygen atoms in total. The molecule has 0 aromatic carbocycles. The molecule has 0 amide bonds. The zero-order valence-corrected chi connectivity index (χ0v) is 6.68. The Labute approximate surface area is 66.6 Å². The minimum atomic E-state index is -0.921. The number of hydrogen-bond acceptors (Lipinski definition) is 2. The van der Waals surface area contributed by atoms with Gasteiger partial charge in [0.2, 0.25) is 0 Å². The van der Waals surface area contributed by atoms with Crippen LogP contribution in [0.25, 0.3) is 0 Å². The fourth-order valence-electron chi connectivity index (χ4n) is 0.652. The van der Waals surface area contributed by atoms with E-state index in [0.29, 0.717) is 11.0 Å². The molecule has 0 saturated heterocycles. The van der Waals surface area contributed by atoms with E-state index in [2.05, 4.69) is 21.2 Å². The van der Waals surface area contributed by atoms with Crippen LogP contribution in [-0.2, 0) is 4.79 Å². The third kappa shape index (κ3) is 1.39. The molecule has 0 aliphatic carbocycles. The predicted octanol–water partition coefficient (Wildman–Crippen LogP) is 0.837. The van der Waals surface area contributed by atoms with E-state index in [-0.39, 0.29) is 5.57 Å². The lowest BCUT2D eigenvalue weighted by Gasteiger charge is -2.07. The number of halogens is 1. The maximum Gasteiger partial charge on any atom is 0.338 e. The van der Waals surface area contributed by atoms with Crippen LogP contribution in [0.5, 0.6) is 0 Å². The molecule has 2 N–H and O–H groups in total. The van der Waals surface area contributed by atoms with E-state index >= 15 is 0 Å². The van der Waals surface area contributed by atoms with Gasteiger partial charge in [0, 0.05) is 17.2 Å². The van der Waals surface area contributed by atoms with Crippen LogP contribution in [0, 0.1) is 0 Å². The normalized spacial score (nSPS) is 16.9. The van der Waals surface area contributed by atoms with Crippen molar-refractivity contribution in [3.63, 3.8) is 0 Å². The van der Waals surface area contributed by atoms with E-state index in [1.807, 2.05) is 0 Å². The summed E-state index contributed by atoms with van der Waals surface area (Å²) in [5.74, 6) is -0.921.